The lowest BCUT2D eigenvalue weighted by atomic mass is 9.89. The zero-order chi connectivity index (χ0) is 21.1. The van der Waals surface area contributed by atoms with Crippen molar-refractivity contribution in [3.8, 4) is 11.5 Å². The Bertz CT molecular complexity index is 1040. The van der Waals surface area contributed by atoms with Crippen molar-refractivity contribution in [3.05, 3.63) is 59.5 Å². The van der Waals surface area contributed by atoms with Gasteiger partial charge in [-0.15, -0.1) is 0 Å². The van der Waals surface area contributed by atoms with E-state index >= 15 is 0 Å². The van der Waals surface area contributed by atoms with Gasteiger partial charge in [-0.2, -0.15) is 0 Å². The lowest BCUT2D eigenvalue weighted by Gasteiger charge is -2.32. The lowest BCUT2D eigenvalue weighted by Crippen LogP contribution is -2.38. The minimum atomic E-state index is -0.234. The monoisotopic (exact) mass is 410 g/mol. The average molecular weight is 410 g/mol. The molecule has 6 heteroatoms. The van der Waals surface area contributed by atoms with E-state index in [-0.39, 0.29) is 11.7 Å². The normalized spacial score (nSPS) is 14.8. The summed E-state index contributed by atoms with van der Waals surface area (Å²) in [6.07, 6.45) is 4.13. The summed E-state index contributed by atoms with van der Waals surface area (Å²) in [6.45, 7) is 3.77. The van der Waals surface area contributed by atoms with Crippen LogP contribution in [0, 0.1) is 12.7 Å². The Kier molecular flexibility index (Phi) is 5.93. The van der Waals surface area contributed by atoms with Crippen LogP contribution < -0.4 is 9.47 Å². The third-order valence-electron chi connectivity index (χ3n) is 5.86. The number of piperidine rings is 1. The van der Waals surface area contributed by atoms with Crippen molar-refractivity contribution >= 4 is 16.8 Å². The van der Waals surface area contributed by atoms with Crippen LogP contribution in [0.3, 0.4) is 0 Å². The number of nitrogens with one attached hydrogen (secondary N) is 1. The number of methoxy groups -OCH3 is 1. The summed E-state index contributed by atoms with van der Waals surface area (Å²) >= 11 is 0. The molecule has 0 atom stereocenters. The molecule has 1 aromatic heterocycles. The molecule has 30 heavy (non-hydrogen) atoms. The number of ether oxygens (including phenoxy) is 2. The molecule has 1 aliphatic rings. The molecule has 1 aliphatic heterocycles. The van der Waals surface area contributed by atoms with Gasteiger partial charge in [-0.3, -0.25) is 4.79 Å². The zero-order valence-corrected chi connectivity index (χ0v) is 17.4. The summed E-state index contributed by atoms with van der Waals surface area (Å²) in [5.74, 6) is 1.59. The summed E-state index contributed by atoms with van der Waals surface area (Å²) in [5.41, 5.74) is 3.14. The molecule has 0 spiro atoms. The summed E-state index contributed by atoms with van der Waals surface area (Å²) in [4.78, 5) is 17.7. The Balaban J connectivity index is 1.29. The van der Waals surface area contributed by atoms with Gasteiger partial charge in [0.1, 0.15) is 5.82 Å². The van der Waals surface area contributed by atoms with E-state index in [1.165, 1.54) is 17.7 Å². The average Bonchev–Trinajstić information content (AvgIpc) is 3.17. The molecule has 0 bridgehead atoms. The van der Waals surface area contributed by atoms with Gasteiger partial charge in [-0.05, 0) is 67.1 Å². The molecule has 2 heterocycles. The Hall–Kier alpha value is -3.02. The molecule has 0 aliphatic carbocycles. The zero-order valence-electron chi connectivity index (χ0n) is 17.4. The number of amides is 1. The molecular formula is C24H27FN2O3. The van der Waals surface area contributed by atoms with E-state index in [4.69, 9.17) is 9.47 Å². The molecule has 158 valence electrons. The lowest BCUT2D eigenvalue weighted by molar-refractivity contribution is -0.132. The maximum Gasteiger partial charge on any atom is 0.225 e. The predicted molar refractivity (Wildman–Crippen MR) is 115 cm³/mol. The first-order chi connectivity index (χ1) is 14.5. The fourth-order valence-corrected chi connectivity index (χ4v) is 4.20. The van der Waals surface area contributed by atoms with E-state index in [0.717, 1.165) is 42.4 Å². The molecule has 2 aromatic carbocycles. The first-order valence-corrected chi connectivity index (χ1v) is 10.4. The molecule has 4 rings (SSSR count). The van der Waals surface area contributed by atoms with Crippen molar-refractivity contribution < 1.29 is 18.7 Å². The maximum atomic E-state index is 13.4. The van der Waals surface area contributed by atoms with Crippen molar-refractivity contribution in [1.82, 2.24) is 9.88 Å². The number of rotatable bonds is 6. The quantitative estimate of drug-likeness (QED) is 0.635. The molecule has 1 fully saturated rings. The summed E-state index contributed by atoms with van der Waals surface area (Å²) in [5, 5.41) is 1.07. The Labute approximate surface area is 175 Å². The van der Waals surface area contributed by atoms with Crippen LogP contribution in [-0.2, 0) is 4.79 Å². The molecule has 1 amide bonds. The van der Waals surface area contributed by atoms with Gasteiger partial charge in [0.2, 0.25) is 5.91 Å². The van der Waals surface area contributed by atoms with Crippen LogP contribution in [0.25, 0.3) is 10.9 Å². The van der Waals surface area contributed by atoms with Crippen molar-refractivity contribution in [3.63, 3.8) is 0 Å². The number of fused-ring (bicyclic) bond motifs is 1. The van der Waals surface area contributed by atoms with Crippen LogP contribution >= 0.6 is 0 Å². The smallest absolute Gasteiger partial charge is 0.225 e. The second-order valence-electron chi connectivity index (χ2n) is 7.84. The van der Waals surface area contributed by atoms with Crippen molar-refractivity contribution in [1.29, 1.82) is 0 Å². The maximum absolute atomic E-state index is 13.4. The van der Waals surface area contributed by atoms with E-state index in [0.29, 0.717) is 30.4 Å². The fourth-order valence-electron chi connectivity index (χ4n) is 4.20. The minimum absolute atomic E-state index is 0.112. The van der Waals surface area contributed by atoms with Crippen molar-refractivity contribution in [2.75, 3.05) is 26.8 Å². The van der Waals surface area contributed by atoms with Gasteiger partial charge in [0.05, 0.1) is 20.1 Å². The van der Waals surface area contributed by atoms with Gasteiger partial charge in [0.25, 0.3) is 0 Å². The highest BCUT2D eigenvalue weighted by Crippen LogP contribution is 2.33. The third-order valence-corrected chi connectivity index (χ3v) is 5.86. The van der Waals surface area contributed by atoms with Gasteiger partial charge >= 0.3 is 0 Å². The molecule has 0 saturated carbocycles. The number of carbonyl (C=O) groups is 1. The second kappa shape index (κ2) is 8.78. The van der Waals surface area contributed by atoms with E-state index < -0.39 is 0 Å². The Morgan fingerprint density at radius 2 is 1.97 bits per heavy atom. The largest absolute Gasteiger partial charge is 0.493 e. The van der Waals surface area contributed by atoms with Gasteiger partial charge in [0.15, 0.2) is 11.5 Å². The molecule has 1 N–H and O–H groups in total. The number of likely N-dealkylation sites (tertiary alicyclic amines) is 1. The van der Waals surface area contributed by atoms with Gasteiger partial charge < -0.3 is 19.4 Å². The third kappa shape index (κ3) is 4.27. The molecule has 5 nitrogen and oxygen atoms in total. The van der Waals surface area contributed by atoms with Crippen molar-refractivity contribution in [2.24, 2.45) is 0 Å². The van der Waals surface area contributed by atoms with E-state index in [2.05, 4.69) is 4.98 Å². The topological polar surface area (TPSA) is 54.6 Å². The summed E-state index contributed by atoms with van der Waals surface area (Å²) in [6, 6.07) is 10.6. The number of aromatic nitrogens is 1. The second-order valence-corrected chi connectivity index (χ2v) is 7.84. The van der Waals surface area contributed by atoms with E-state index in [1.54, 1.807) is 7.11 Å². The molecule has 0 radical (unpaired) electrons. The number of hydrogen-bond donors (Lipinski definition) is 1. The first-order valence-electron chi connectivity index (χ1n) is 10.4. The highest BCUT2D eigenvalue weighted by molar-refractivity contribution is 5.84. The Morgan fingerprint density at radius 1 is 1.17 bits per heavy atom. The number of nitrogens with zero attached hydrogens (tertiary/aromatic N) is 1. The van der Waals surface area contributed by atoms with Gasteiger partial charge in [0, 0.05) is 30.2 Å². The van der Waals surface area contributed by atoms with Crippen LogP contribution in [-0.4, -0.2) is 42.6 Å². The first kappa shape index (κ1) is 20.3. The fraction of sp³-hybridized carbons (Fsp3) is 0.375. The number of aryl methyl sites for hydroxylation is 1. The molecular weight excluding hydrogens is 383 g/mol. The molecule has 1 saturated heterocycles. The van der Waals surface area contributed by atoms with Crippen LogP contribution in [0.2, 0.25) is 0 Å². The van der Waals surface area contributed by atoms with Gasteiger partial charge in [-0.1, -0.05) is 6.07 Å². The number of aromatic amines is 1. The SMILES string of the molecule is COc1cc(C)ccc1OCCC(=O)N1CCC(c2c[nH]c3cc(F)ccc23)CC1. The van der Waals surface area contributed by atoms with E-state index in [1.807, 2.05) is 42.3 Å². The molecule has 3 aromatic rings. The number of benzene rings is 2. The summed E-state index contributed by atoms with van der Waals surface area (Å²) in [7, 11) is 1.61. The number of carbonyl (C=O) groups excluding carboxylic acids is 1. The van der Waals surface area contributed by atoms with E-state index in [9.17, 15) is 9.18 Å². The minimum Gasteiger partial charge on any atom is -0.493 e. The van der Waals surface area contributed by atoms with Crippen LogP contribution in [0.4, 0.5) is 4.39 Å². The Morgan fingerprint density at radius 3 is 2.73 bits per heavy atom. The summed E-state index contributed by atoms with van der Waals surface area (Å²) < 4.78 is 24.5. The number of halogens is 1. The van der Waals surface area contributed by atoms with Crippen LogP contribution in [0.1, 0.15) is 36.3 Å². The number of hydrogen-bond acceptors (Lipinski definition) is 3. The highest BCUT2D eigenvalue weighted by atomic mass is 19.1. The standard InChI is InChI=1S/C24H27FN2O3/c1-16-3-6-22(23(13-16)29-2)30-12-9-24(28)27-10-7-17(8-11-27)20-15-26-21-14-18(25)4-5-19(20)21/h3-6,13-15,17,26H,7-12H2,1-2H3. The highest BCUT2D eigenvalue weighted by Gasteiger charge is 2.25. The predicted octanol–water partition coefficient (Wildman–Crippen LogP) is 4.80. The molecule has 0 unspecified atom stereocenters. The van der Waals surface area contributed by atoms with Crippen LogP contribution in [0.15, 0.2) is 42.6 Å². The van der Waals surface area contributed by atoms with Gasteiger partial charge in [-0.25, -0.2) is 4.39 Å². The number of H-pyrrole nitrogens is 1. The van der Waals surface area contributed by atoms with Crippen LogP contribution in [0.5, 0.6) is 11.5 Å². The van der Waals surface area contributed by atoms with Crippen molar-refractivity contribution in [2.45, 2.75) is 32.1 Å².